The molecule has 0 aromatic heterocycles. The van der Waals surface area contributed by atoms with Gasteiger partial charge in [0.2, 0.25) is 21.8 Å². The molecule has 174 valence electrons. The summed E-state index contributed by atoms with van der Waals surface area (Å²) < 4.78 is 67.8. The molecule has 32 heavy (non-hydrogen) atoms. The Hall–Kier alpha value is -2.92. The second-order valence-corrected chi connectivity index (χ2v) is 9.34. The predicted octanol–water partition coefficient (Wildman–Crippen LogP) is 2.81. The Bertz CT molecular complexity index is 1110. The Morgan fingerprint density at radius 2 is 1.59 bits per heavy atom. The van der Waals surface area contributed by atoms with Gasteiger partial charge in [-0.05, 0) is 37.1 Å². The monoisotopic (exact) mass is 471 g/mol. The van der Waals surface area contributed by atoms with E-state index in [0.29, 0.717) is 6.07 Å². The highest BCUT2D eigenvalue weighted by molar-refractivity contribution is 7.89. The Balaban J connectivity index is 2.11. The fourth-order valence-corrected chi connectivity index (χ4v) is 4.10. The average Bonchev–Trinajstić information content (AvgIpc) is 2.72. The summed E-state index contributed by atoms with van der Waals surface area (Å²) in [6, 6.07) is 6.38. The number of hydrogen-bond acceptors (Lipinski definition) is 4. The molecule has 0 saturated heterocycles. The maximum atomic E-state index is 13.7. The van der Waals surface area contributed by atoms with Crippen molar-refractivity contribution in [2.75, 3.05) is 18.9 Å². The molecule has 0 radical (unpaired) electrons. The quantitative estimate of drug-likeness (QED) is 0.579. The highest BCUT2D eigenvalue weighted by Gasteiger charge is 2.31. The Labute approximate surface area is 184 Å². The number of sulfonamides is 1. The number of hydrogen-bond donors (Lipinski definition) is 2. The topological polar surface area (TPSA) is 95.6 Å². The highest BCUT2D eigenvalue weighted by atomic mass is 32.2. The smallest absolute Gasteiger partial charge is 0.244 e. The van der Waals surface area contributed by atoms with Crippen molar-refractivity contribution in [3.05, 3.63) is 59.4 Å². The molecule has 2 amide bonds. The van der Waals surface area contributed by atoms with Gasteiger partial charge in [0.25, 0.3) is 0 Å². The third-order valence-corrected chi connectivity index (χ3v) is 6.07. The van der Waals surface area contributed by atoms with Crippen molar-refractivity contribution >= 4 is 27.5 Å². The zero-order valence-corrected chi connectivity index (χ0v) is 18.8. The standard InChI is InChI=1S/C21H24F3N3O4S/c1-12(2)20(26-32(30,31)14-7-5-13(3)6-8-14)21(29)27(4)11-17(28)25-16-10-9-15(22)18(23)19(16)24/h5-10,12,20,26H,11H2,1-4H3,(H,25,28)/t20-/m1/s1. The minimum atomic E-state index is -4.02. The number of rotatable bonds is 8. The normalized spacial score (nSPS) is 12.5. The van der Waals surface area contributed by atoms with Gasteiger partial charge in [-0.25, -0.2) is 21.6 Å². The number of halogens is 3. The second kappa shape index (κ2) is 10.1. The molecular formula is C21H24F3N3O4S. The lowest BCUT2D eigenvalue weighted by Crippen LogP contribution is -2.51. The molecule has 0 bridgehead atoms. The fourth-order valence-electron chi connectivity index (χ4n) is 2.77. The zero-order valence-electron chi connectivity index (χ0n) is 17.9. The van der Waals surface area contributed by atoms with Crippen LogP contribution in [0.5, 0.6) is 0 Å². The predicted molar refractivity (Wildman–Crippen MR) is 113 cm³/mol. The van der Waals surface area contributed by atoms with E-state index < -0.39 is 63.5 Å². The van der Waals surface area contributed by atoms with Crippen LogP contribution in [-0.4, -0.2) is 44.8 Å². The van der Waals surface area contributed by atoms with Crippen LogP contribution in [0.1, 0.15) is 19.4 Å². The van der Waals surface area contributed by atoms with E-state index in [1.807, 2.05) is 0 Å². The van der Waals surface area contributed by atoms with Crippen molar-refractivity contribution in [3.8, 4) is 0 Å². The van der Waals surface area contributed by atoms with Gasteiger partial charge in [-0.1, -0.05) is 31.5 Å². The number of nitrogens with one attached hydrogen (secondary N) is 2. The van der Waals surface area contributed by atoms with Gasteiger partial charge in [-0.2, -0.15) is 4.72 Å². The first-order valence-corrected chi connectivity index (χ1v) is 11.1. The largest absolute Gasteiger partial charge is 0.335 e. The van der Waals surface area contributed by atoms with Crippen molar-refractivity contribution in [2.24, 2.45) is 5.92 Å². The number of amides is 2. The van der Waals surface area contributed by atoms with Crippen LogP contribution in [0.15, 0.2) is 41.3 Å². The van der Waals surface area contributed by atoms with Crippen molar-refractivity contribution < 1.29 is 31.2 Å². The first-order chi connectivity index (χ1) is 14.8. The van der Waals surface area contributed by atoms with Crippen LogP contribution in [0, 0.1) is 30.3 Å². The lowest BCUT2D eigenvalue weighted by Gasteiger charge is -2.26. The Kier molecular flexibility index (Phi) is 8.02. The van der Waals surface area contributed by atoms with Gasteiger partial charge in [0.15, 0.2) is 17.5 Å². The molecule has 2 N–H and O–H groups in total. The minimum Gasteiger partial charge on any atom is -0.335 e. The molecule has 0 spiro atoms. The summed E-state index contributed by atoms with van der Waals surface area (Å²) >= 11 is 0. The van der Waals surface area contributed by atoms with Gasteiger partial charge in [0.05, 0.1) is 17.1 Å². The lowest BCUT2D eigenvalue weighted by molar-refractivity contribution is -0.135. The average molecular weight is 472 g/mol. The summed E-state index contributed by atoms with van der Waals surface area (Å²) in [5, 5.41) is 2.06. The van der Waals surface area contributed by atoms with Crippen LogP contribution in [0.25, 0.3) is 0 Å². The van der Waals surface area contributed by atoms with Crippen molar-refractivity contribution in [3.63, 3.8) is 0 Å². The summed E-state index contributed by atoms with van der Waals surface area (Å²) in [4.78, 5) is 26.0. The zero-order chi connectivity index (χ0) is 24.2. The molecule has 2 aromatic carbocycles. The van der Waals surface area contributed by atoms with Gasteiger partial charge in [-0.3, -0.25) is 9.59 Å². The number of aryl methyl sites for hydroxylation is 1. The summed E-state index contributed by atoms with van der Waals surface area (Å²) in [6.07, 6.45) is 0. The summed E-state index contributed by atoms with van der Waals surface area (Å²) in [5.41, 5.74) is 0.277. The van der Waals surface area contributed by atoms with Crippen LogP contribution < -0.4 is 10.0 Å². The van der Waals surface area contributed by atoms with E-state index in [2.05, 4.69) is 10.0 Å². The SMILES string of the molecule is Cc1ccc(S(=O)(=O)N[C@@H](C(=O)N(C)CC(=O)Nc2ccc(F)c(F)c2F)C(C)C)cc1. The molecule has 0 aliphatic rings. The molecule has 0 fully saturated rings. The Morgan fingerprint density at radius 1 is 1.00 bits per heavy atom. The van der Waals surface area contributed by atoms with Gasteiger partial charge >= 0.3 is 0 Å². The van der Waals surface area contributed by atoms with Gasteiger partial charge in [-0.15, -0.1) is 0 Å². The number of anilines is 1. The number of carbonyl (C=O) groups is 2. The number of likely N-dealkylation sites (N-methyl/N-ethyl adjacent to an activating group) is 1. The van der Waals surface area contributed by atoms with E-state index in [-0.39, 0.29) is 4.90 Å². The van der Waals surface area contributed by atoms with Crippen LogP contribution in [0.4, 0.5) is 18.9 Å². The van der Waals surface area contributed by atoms with Gasteiger partial charge in [0.1, 0.15) is 6.04 Å². The third-order valence-electron chi connectivity index (χ3n) is 4.61. The molecule has 0 heterocycles. The molecule has 1 atom stereocenters. The van der Waals surface area contributed by atoms with Crippen LogP contribution in [0.2, 0.25) is 0 Å². The third kappa shape index (κ3) is 6.07. The van der Waals surface area contributed by atoms with Gasteiger partial charge < -0.3 is 10.2 Å². The molecule has 0 saturated carbocycles. The van der Waals surface area contributed by atoms with E-state index in [4.69, 9.17) is 0 Å². The maximum absolute atomic E-state index is 13.7. The van der Waals surface area contributed by atoms with Crippen LogP contribution in [0.3, 0.4) is 0 Å². The minimum absolute atomic E-state index is 0.0178. The molecule has 11 heteroatoms. The second-order valence-electron chi connectivity index (χ2n) is 7.62. The molecular weight excluding hydrogens is 447 g/mol. The van der Waals surface area contributed by atoms with E-state index >= 15 is 0 Å². The van der Waals surface area contributed by atoms with Gasteiger partial charge in [0, 0.05) is 7.05 Å². The molecule has 7 nitrogen and oxygen atoms in total. The fraction of sp³-hybridized carbons (Fsp3) is 0.333. The van der Waals surface area contributed by atoms with Crippen molar-refractivity contribution in [1.29, 1.82) is 0 Å². The lowest BCUT2D eigenvalue weighted by atomic mass is 10.0. The van der Waals surface area contributed by atoms with Crippen molar-refractivity contribution in [2.45, 2.75) is 31.7 Å². The molecule has 0 aliphatic heterocycles. The van der Waals surface area contributed by atoms with E-state index in [9.17, 15) is 31.2 Å². The van der Waals surface area contributed by atoms with Crippen molar-refractivity contribution in [1.82, 2.24) is 9.62 Å². The van der Waals surface area contributed by atoms with Crippen LogP contribution in [-0.2, 0) is 19.6 Å². The number of nitrogens with zero attached hydrogens (tertiary/aromatic N) is 1. The highest BCUT2D eigenvalue weighted by Crippen LogP contribution is 2.20. The first kappa shape index (κ1) is 25.3. The summed E-state index contributed by atoms with van der Waals surface area (Å²) in [5.74, 6) is -6.76. The summed E-state index contributed by atoms with van der Waals surface area (Å²) in [7, 11) is -2.75. The number of carbonyl (C=O) groups excluding carboxylic acids is 2. The first-order valence-electron chi connectivity index (χ1n) is 9.60. The maximum Gasteiger partial charge on any atom is 0.244 e. The van der Waals surface area contributed by atoms with Crippen LogP contribution >= 0.6 is 0 Å². The van der Waals surface area contributed by atoms with E-state index in [1.165, 1.54) is 19.2 Å². The summed E-state index contributed by atoms with van der Waals surface area (Å²) in [6.45, 7) is 4.48. The molecule has 0 unspecified atom stereocenters. The molecule has 2 rings (SSSR count). The molecule has 0 aliphatic carbocycles. The van der Waals surface area contributed by atoms with E-state index in [1.54, 1.807) is 32.9 Å². The molecule has 2 aromatic rings. The van der Waals surface area contributed by atoms with E-state index in [0.717, 1.165) is 16.5 Å². The number of benzene rings is 2. The Morgan fingerprint density at radius 3 is 2.16 bits per heavy atom.